The van der Waals surface area contributed by atoms with Crippen LogP contribution in [0, 0.1) is 11.3 Å². The first-order valence-corrected chi connectivity index (χ1v) is 11.4. The van der Waals surface area contributed by atoms with Crippen molar-refractivity contribution in [1.82, 2.24) is 14.8 Å². The van der Waals surface area contributed by atoms with Crippen LogP contribution in [0.4, 0.5) is 0 Å². The van der Waals surface area contributed by atoms with E-state index in [-0.39, 0.29) is 5.88 Å². The summed E-state index contributed by atoms with van der Waals surface area (Å²) in [5, 5.41) is 16.6. The smallest absolute Gasteiger partial charge is 0.205 e. The van der Waals surface area contributed by atoms with Crippen LogP contribution in [0.25, 0.3) is 27.8 Å². The van der Waals surface area contributed by atoms with Crippen LogP contribution in [0.5, 0.6) is 5.75 Å². The van der Waals surface area contributed by atoms with Gasteiger partial charge in [-0.25, -0.2) is 4.68 Å². The Balaban J connectivity index is 1.64. The number of nitrogens with two attached hydrogens (primary N) is 1. The van der Waals surface area contributed by atoms with Gasteiger partial charge in [-0.2, -0.15) is 10.4 Å². The average Bonchev–Trinajstić information content (AvgIpc) is 3.34. The molecule has 0 radical (unpaired) electrons. The van der Waals surface area contributed by atoms with Crippen LogP contribution in [0.1, 0.15) is 17.0 Å². The highest BCUT2D eigenvalue weighted by molar-refractivity contribution is 6.30. The van der Waals surface area contributed by atoms with E-state index in [2.05, 4.69) is 11.1 Å². The number of hydrogen-bond acceptors (Lipinski definition) is 5. The Morgan fingerprint density at radius 1 is 0.943 bits per heavy atom. The molecule has 5 aromatic rings. The van der Waals surface area contributed by atoms with Gasteiger partial charge in [0.05, 0.1) is 17.3 Å². The number of aromatic nitrogens is 3. The predicted molar refractivity (Wildman–Crippen MR) is 135 cm³/mol. The largest absolute Gasteiger partial charge is 0.438 e. The zero-order valence-corrected chi connectivity index (χ0v) is 19.1. The maximum Gasteiger partial charge on any atom is 0.205 e. The molecule has 0 saturated carbocycles. The zero-order chi connectivity index (χ0) is 23.9. The van der Waals surface area contributed by atoms with Crippen LogP contribution >= 0.6 is 11.6 Å². The summed E-state index contributed by atoms with van der Waals surface area (Å²) in [6.07, 6.45) is 3.67. The fourth-order valence-electron chi connectivity index (χ4n) is 4.52. The Labute approximate surface area is 206 Å². The average molecular weight is 476 g/mol. The molecule has 6 nitrogen and oxygen atoms in total. The first-order valence-electron chi connectivity index (χ1n) is 11.0. The van der Waals surface area contributed by atoms with E-state index in [4.69, 9.17) is 27.2 Å². The second-order valence-corrected chi connectivity index (χ2v) is 8.64. The minimum atomic E-state index is -0.488. The van der Waals surface area contributed by atoms with E-state index in [1.54, 1.807) is 6.20 Å². The third kappa shape index (κ3) is 3.50. The van der Waals surface area contributed by atoms with Crippen molar-refractivity contribution in [2.75, 3.05) is 0 Å². The molecule has 3 heterocycles. The number of allylic oxidation sites excluding steroid dienone is 1. The molecular weight excluding hydrogens is 458 g/mol. The van der Waals surface area contributed by atoms with Crippen LogP contribution in [-0.4, -0.2) is 14.8 Å². The first kappa shape index (κ1) is 21.0. The van der Waals surface area contributed by atoms with Gasteiger partial charge in [0.1, 0.15) is 17.2 Å². The van der Waals surface area contributed by atoms with E-state index in [9.17, 15) is 5.26 Å². The molecule has 0 aliphatic carbocycles. The molecule has 6 rings (SSSR count). The SMILES string of the molecule is N#CC1=C(N)Oc2c(ccc3cccnc23)C1c1cn(-c2ccccc2)nc1-c1ccc(Cl)cc1. The zero-order valence-electron chi connectivity index (χ0n) is 18.4. The molecule has 2 N–H and O–H groups in total. The van der Waals surface area contributed by atoms with E-state index in [1.807, 2.05) is 89.7 Å². The number of fused-ring (bicyclic) bond motifs is 3. The lowest BCUT2D eigenvalue weighted by Crippen LogP contribution is -2.21. The third-order valence-electron chi connectivity index (χ3n) is 6.15. The Kier molecular flexibility index (Phi) is 4.98. The van der Waals surface area contributed by atoms with Crippen LogP contribution in [0.15, 0.2) is 103 Å². The number of nitrogens with zero attached hydrogens (tertiary/aromatic N) is 4. The van der Waals surface area contributed by atoms with Crippen LogP contribution in [0.3, 0.4) is 0 Å². The minimum absolute atomic E-state index is 0.0673. The lowest BCUT2D eigenvalue weighted by atomic mass is 9.82. The van der Waals surface area contributed by atoms with Crippen molar-refractivity contribution in [1.29, 1.82) is 5.26 Å². The molecule has 1 atom stereocenters. The summed E-state index contributed by atoms with van der Waals surface area (Å²) in [5.74, 6) is 0.134. The van der Waals surface area contributed by atoms with E-state index in [0.29, 0.717) is 21.9 Å². The lowest BCUT2D eigenvalue weighted by Gasteiger charge is -2.26. The summed E-state index contributed by atoms with van der Waals surface area (Å²) in [6, 6.07) is 27.4. The second-order valence-electron chi connectivity index (χ2n) is 8.20. The number of halogens is 1. The molecule has 2 aromatic heterocycles. The third-order valence-corrected chi connectivity index (χ3v) is 6.40. The Bertz CT molecular complexity index is 1650. The van der Waals surface area contributed by atoms with Crippen molar-refractivity contribution in [3.05, 3.63) is 119 Å². The maximum absolute atomic E-state index is 10.1. The van der Waals surface area contributed by atoms with E-state index in [0.717, 1.165) is 33.5 Å². The predicted octanol–water partition coefficient (Wildman–Crippen LogP) is 5.96. The molecule has 168 valence electrons. The number of pyridine rings is 1. The molecule has 35 heavy (non-hydrogen) atoms. The van der Waals surface area contributed by atoms with E-state index < -0.39 is 5.92 Å². The highest BCUT2D eigenvalue weighted by Crippen LogP contribution is 2.47. The van der Waals surface area contributed by atoms with Gasteiger partial charge in [0.25, 0.3) is 0 Å². The number of ether oxygens (including phenoxy) is 1. The summed E-state index contributed by atoms with van der Waals surface area (Å²) >= 11 is 6.16. The molecule has 0 spiro atoms. The van der Waals surface area contributed by atoms with E-state index in [1.165, 1.54) is 0 Å². The number of nitriles is 1. The van der Waals surface area contributed by atoms with Gasteiger partial charge >= 0.3 is 0 Å². The van der Waals surface area contributed by atoms with Crippen molar-refractivity contribution in [3.63, 3.8) is 0 Å². The monoisotopic (exact) mass is 475 g/mol. The fraction of sp³-hybridized carbons (Fsp3) is 0.0357. The first-order chi connectivity index (χ1) is 17.1. The maximum atomic E-state index is 10.1. The Morgan fingerprint density at radius 2 is 1.74 bits per heavy atom. The molecule has 7 heteroatoms. The normalized spacial score (nSPS) is 14.9. The second kappa shape index (κ2) is 8.32. The van der Waals surface area contributed by atoms with Crippen molar-refractivity contribution >= 4 is 22.5 Å². The highest BCUT2D eigenvalue weighted by atomic mass is 35.5. The van der Waals surface area contributed by atoms with Gasteiger partial charge in [-0.15, -0.1) is 0 Å². The molecule has 0 fully saturated rings. The number of para-hydroxylation sites is 1. The lowest BCUT2D eigenvalue weighted by molar-refractivity contribution is 0.397. The van der Waals surface area contributed by atoms with Crippen molar-refractivity contribution in [2.45, 2.75) is 5.92 Å². The Morgan fingerprint density at radius 3 is 2.51 bits per heavy atom. The number of benzene rings is 3. The van der Waals surface area contributed by atoms with E-state index >= 15 is 0 Å². The van der Waals surface area contributed by atoms with Crippen molar-refractivity contribution < 1.29 is 4.74 Å². The van der Waals surface area contributed by atoms with Gasteiger partial charge in [-0.1, -0.05) is 60.1 Å². The molecule has 1 aliphatic rings. The molecule has 3 aromatic carbocycles. The Hall–Kier alpha value is -4.60. The summed E-state index contributed by atoms with van der Waals surface area (Å²) in [7, 11) is 0. The number of rotatable bonds is 3. The van der Waals surface area contributed by atoms with Gasteiger partial charge in [-0.3, -0.25) is 4.98 Å². The van der Waals surface area contributed by atoms with Crippen LogP contribution < -0.4 is 10.5 Å². The van der Waals surface area contributed by atoms with Gasteiger partial charge in [-0.05, 0) is 30.3 Å². The minimum Gasteiger partial charge on any atom is -0.438 e. The van der Waals surface area contributed by atoms with Crippen molar-refractivity contribution in [2.24, 2.45) is 5.73 Å². The van der Waals surface area contributed by atoms with Crippen LogP contribution in [-0.2, 0) is 0 Å². The summed E-state index contributed by atoms with van der Waals surface area (Å²) in [6.45, 7) is 0. The standard InChI is InChI=1S/C28H18ClN5O/c29-19-11-8-18(9-12-19)25-23(16-34(33-25)20-6-2-1-3-7-20)24-21-13-10-17-5-4-14-32-26(17)27(21)35-28(31)22(24)15-30/h1-14,16,24H,31H2. The van der Waals surface area contributed by atoms with Gasteiger partial charge < -0.3 is 10.5 Å². The number of hydrogen-bond donors (Lipinski definition) is 1. The molecular formula is C28H18ClN5O. The molecule has 0 amide bonds. The highest BCUT2D eigenvalue weighted by Gasteiger charge is 2.35. The van der Waals surface area contributed by atoms with Gasteiger partial charge in [0.15, 0.2) is 5.75 Å². The van der Waals surface area contributed by atoms with Crippen LogP contribution in [0.2, 0.25) is 5.02 Å². The quantitative estimate of drug-likeness (QED) is 0.347. The summed E-state index contributed by atoms with van der Waals surface area (Å²) < 4.78 is 7.80. The molecule has 1 unspecified atom stereocenters. The molecule has 1 aliphatic heterocycles. The topological polar surface area (TPSA) is 89.8 Å². The fourth-order valence-corrected chi connectivity index (χ4v) is 4.64. The van der Waals surface area contributed by atoms with Crippen molar-refractivity contribution in [3.8, 4) is 28.8 Å². The summed E-state index contributed by atoms with van der Waals surface area (Å²) in [4.78, 5) is 4.53. The molecule has 0 bridgehead atoms. The van der Waals surface area contributed by atoms with Gasteiger partial charge in [0, 0.05) is 39.5 Å². The van der Waals surface area contributed by atoms with Gasteiger partial charge in [0.2, 0.25) is 5.88 Å². The summed E-state index contributed by atoms with van der Waals surface area (Å²) in [5.41, 5.74) is 11.5. The molecule has 0 saturated heterocycles.